The van der Waals surface area contributed by atoms with Crippen LogP contribution < -0.4 is 4.72 Å². The lowest BCUT2D eigenvalue weighted by Gasteiger charge is -2.07. The summed E-state index contributed by atoms with van der Waals surface area (Å²) < 4.78 is 29.3. The lowest BCUT2D eigenvalue weighted by atomic mass is 10.4. The second kappa shape index (κ2) is 3.81. The van der Waals surface area contributed by atoms with Crippen LogP contribution in [0.5, 0.6) is 0 Å². The SMILES string of the molecule is C[C@@H](NS(=O)(=O)c1ccoc1)C(=O)O. The van der Waals surface area contributed by atoms with E-state index in [0.717, 1.165) is 6.26 Å². The number of furan rings is 1. The first-order chi connectivity index (χ1) is 6.43. The van der Waals surface area contributed by atoms with Gasteiger partial charge in [0.25, 0.3) is 0 Å². The topological polar surface area (TPSA) is 96.6 Å². The fraction of sp³-hybridized carbons (Fsp3) is 0.286. The predicted molar refractivity (Wildman–Crippen MR) is 46.1 cm³/mol. The average Bonchev–Trinajstić information content (AvgIpc) is 2.54. The summed E-state index contributed by atoms with van der Waals surface area (Å²) in [5.41, 5.74) is 0. The van der Waals surface area contributed by atoms with E-state index in [1.165, 1.54) is 19.3 Å². The van der Waals surface area contributed by atoms with Gasteiger partial charge in [-0.3, -0.25) is 4.79 Å². The second-order valence-electron chi connectivity index (χ2n) is 2.64. The molecule has 1 aromatic rings. The Morgan fingerprint density at radius 1 is 1.64 bits per heavy atom. The maximum atomic E-state index is 11.4. The monoisotopic (exact) mass is 219 g/mol. The Balaban J connectivity index is 2.84. The van der Waals surface area contributed by atoms with Crippen molar-refractivity contribution in [3.63, 3.8) is 0 Å². The van der Waals surface area contributed by atoms with Crippen LogP contribution >= 0.6 is 0 Å². The van der Waals surface area contributed by atoms with Crippen LogP contribution in [0.3, 0.4) is 0 Å². The average molecular weight is 219 g/mol. The Kier molecular flexibility index (Phi) is 2.92. The van der Waals surface area contributed by atoms with Crippen LogP contribution in [0, 0.1) is 0 Å². The molecule has 6 nitrogen and oxygen atoms in total. The molecule has 0 aliphatic heterocycles. The van der Waals surface area contributed by atoms with Crippen LogP contribution in [0.4, 0.5) is 0 Å². The number of carboxylic acid groups (broad SMARTS) is 1. The number of sulfonamides is 1. The molecule has 14 heavy (non-hydrogen) atoms. The number of hydrogen-bond acceptors (Lipinski definition) is 4. The summed E-state index contributed by atoms with van der Waals surface area (Å²) in [6, 6.07) is 0.0617. The van der Waals surface area contributed by atoms with Crippen molar-refractivity contribution in [2.75, 3.05) is 0 Å². The summed E-state index contributed by atoms with van der Waals surface area (Å²) >= 11 is 0. The Bertz CT molecular complexity index is 407. The molecule has 0 aliphatic carbocycles. The molecule has 0 bridgehead atoms. The van der Waals surface area contributed by atoms with Gasteiger partial charge in [-0.15, -0.1) is 0 Å². The van der Waals surface area contributed by atoms with Gasteiger partial charge in [0.1, 0.15) is 17.2 Å². The number of aliphatic carboxylic acids is 1. The fourth-order valence-electron chi connectivity index (χ4n) is 0.756. The minimum Gasteiger partial charge on any atom is -0.480 e. The highest BCUT2D eigenvalue weighted by molar-refractivity contribution is 7.89. The third-order valence-corrected chi connectivity index (χ3v) is 3.02. The highest BCUT2D eigenvalue weighted by Crippen LogP contribution is 2.08. The van der Waals surface area contributed by atoms with Gasteiger partial charge in [-0.2, -0.15) is 4.72 Å². The number of carbonyl (C=O) groups is 1. The van der Waals surface area contributed by atoms with E-state index in [-0.39, 0.29) is 4.90 Å². The normalized spacial score (nSPS) is 13.8. The van der Waals surface area contributed by atoms with E-state index in [9.17, 15) is 13.2 Å². The molecule has 0 radical (unpaired) electrons. The highest BCUT2D eigenvalue weighted by Gasteiger charge is 2.21. The zero-order valence-corrected chi connectivity index (χ0v) is 8.11. The van der Waals surface area contributed by atoms with Gasteiger partial charge in [0, 0.05) is 0 Å². The zero-order chi connectivity index (χ0) is 10.8. The van der Waals surface area contributed by atoms with Crippen molar-refractivity contribution in [3.8, 4) is 0 Å². The quantitative estimate of drug-likeness (QED) is 0.744. The van der Waals surface area contributed by atoms with Crippen LogP contribution in [0.15, 0.2) is 27.9 Å². The summed E-state index contributed by atoms with van der Waals surface area (Å²) in [5.74, 6) is -1.24. The van der Waals surface area contributed by atoms with Gasteiger partial charge in [-0.25, -0.2) is 8.42 Å². The highest BCUT2D eigenvalue weighted by atomic mass is 32.2. The van der Waals surface area contributed by atoms with Crippen molar-refractivity contribution in [2.24, 2.45) is 0 Å². The van der Waals surface area contributed by atoms with E-state index in [4.69, 9.17) is 5.11 Å². The Hall–Kier alpha value is -1.34. The van der Waals surface area contributed by atoms with Gasteiger partial charge in [-0.05, 0) is 13.0 Å². The number of hydrogen-bond donors (Lipinski definition) is 2. The van der Waals surface area contributed by atoms with Crippen molar-refractivity contribution in [3.05, 3.63) is 18.6 Å². The van der Waals surface area contributed by atoms with Crippen LogP contribution in [-0.2, 0) is 14.8 Å². The molecule has 1 heterocycles. The van der Waals surface area contributed by atoms with Crippen LogP contribution in [0.1, 0.15) is 6.92 Å². The van der Waals surface area contributed by atoms with Crippen LogP contribution in [0.2, 0.25) is 0 Å². The van der Waals surface area contributed by atoms with Crippen molar-refractivity contribution < 1.29 is 22.7 Å². The number of rotatable bonds is 4. The van der Waals surface area contributed by atoms with Crippen LogP contribution in [0.25, 0.3) is 0 Å². The van der Waals surface area contributed by atoms with Gasteiger partial charge < -0.3 is 9.52 Å². The predicted octanol–water partition coefficient (Wildman–Crippen LogP) is 0.0310. The molecule has 78 valence electrons. The molecule has 0 fully saturated rings. The molecule has 1 rings (SSSR count). The molecule has 2 N–H and O–H groups in total. The van der Waals surface area contributed by atoms with E-state index in [0.29, 0.717) is 0 Å². The zero-order valence-electron chi connectivity index (χ0n) is 7.30. The third-order valence-electron chi connectivity index (χ3n) is 1.51. The van der Waals surface area contributed by atoms with E-state index in [1.54, 1.807) is 0 Å². The standard InChI is InChI=1S/C7H9NO5S/c1-5(7(9)10)8-14(11,12)6-2-3-13-4-6/h2-5,8H,1H3,(H,9,10)/t5-/m1/s1. The lowest BCUT2D eigenvalue weighted by Crippen LogP contribution is -2.38. The molecule has 1 atom stereocenters. The van der Waals surface area contributed by atoms with E-state index in [2.05, 4.69) is 4.42 Å². The first kappa shape index (κ1) is 10.7. The van der Waals surface area contributed by atoms with E-state index in [1.807, 2.05) is 4.72 Å². The molecular weight excluding hydrogens is 210 g/mol. The summed E-state index contributed by atoms with van der Waals surface area (Å²) in [6.45, 7) is 1.24. The van der Waals surface area contributed by atoms with E-state index >= 15 is 0 Å². The fourth-order valence-corrected chi connectivity index (χ4v) is 1.88. The first-order valence-electron chi connectivity index (χ1n) is 3.71. The summed E-state index contributed by atoms with van der Waals surface area (Å²) in [5, 5.41) is 8.49. The Morgan fingerprint density at radius 2 is 2.29 bits per heavy atom. The molecule has 0 aliphatic rings. The summed E-state index contributed by atoms with van der Waals surface area (Å²) in [7, 11) is -3.79. The van der Waals surface area contributed by atoms with Gasteiger partial charge in [0.2, 0.25) is 10.0 Å². The summed E-state index contributed by atoms with van der Waals surface area (Å²) in [6.07, 6.45) is 2.22. The molecule has 0 aromatic carbocycles. The van der Waals surface area contributed by atoms with Gasteiger partial charge >= 0.3 is 5.97 Å². The minimum atomic E-state index is -3.79. The molecule has 0 unspecified atom stereocenters. The third kappa shape index (κ3) is 2.33. The summed E-state index contributed by atoms with van der Waals surface area (Å²) in [4.78, 5) is 10.3. The molecule has 0 amide bonds. The van der Waals surface area contributed by atoms with Gasteiger partial charge in [-0.1, -0.05) is 0 Å². The largest absolute Gasteiger partial charge is 0.480 e. The minimum absolute atomic E-state index is 0.0920. The Morgan fingerprint density at radius 3 is 2.71 bits per heavy atom. The van der Waals surface area contributed by atoms with Crippen molar-refractivity contribution >= 4 is 16.0 Å². The number of nitrogens with one attached hydrogen (secondary N) is 1. The van der Waals surface area contributed by atoms with E-state index < -0.39 is 22.0 Å². The lowest BCUT2D eigenvalue weighted by molar-refractivity contribution is -0.138. The molecular formula is C7H9NO5S. The van der Waals surface area contributed by atoms with Crippen molar-refractivity contribution in [1.82, 2.24) is 4.72 Å². The molecule has 0 saturated heterocycles. The van der Waals surface area contributed by atoms with Gasteiger partial charge in [0.05, 0.1) is 6.26 Å². The smallest absolute Gasteiger partial charge is 0.321 e. The second-order valence-corrected chi connectivity index (χ2v) is 4.35. The molecule has 0 spiro atoms. The van der Waals surface area contributed by atoms with Crippen molar-refractivity contribution in [1.29, 1.82) is 0 Å². The van der Waals surface area contributed by atoms with Crippen LogP contribution in [-0.4, -0.2) is 25.5 Å². The Labute approximate surface area is 80.6 Å². The first-order valence-corrected chi connectivity index (χ1v) is 5.19. The van der Waals surface area contributed by atoms with Gasteiger partial charge in [0.15, 0.2) is 0 Å². The number of carboxylic acids is 1. The maximum Gasteiger partial charge on any atom is 0.321 e. The molecule has 1 aromatic heterocycles. The molecule has 7 heteroatoms. The van der Waals surface area contributed by atoms with Crippen molar-refractivity contribution in [2.45, 2.75) is 17.9 Å². The molecule has 0 saturated carbocycles. The maximum absolute atomic E-state index is 11.4.